The number of hydrogen-bond donors (Lipinski definition) is 0. The van der Waals surface area contributed by atoms with E-state index in [1.165, 1.54) is 0 Å². The molecule has 180 valence electrons. The molecule has 0 unspecified atom stereocenters. The van der Waals surface area contributed by atoms with E-state index < -0.39 is 0 Å². The molecule has 0 saturated carbocycles. The van der Waals surface area contributed by atoms with Crippen molar-refractivity contribution >= 4 is 35.1 Å². The second-order valence-electron chi connectivity index (χ2n) is 8.43. The van der Waals surface area contributed by atoms with Crippen molar-refractivity contribution in [2.45, 2.75) is 20.0 Å². The number of rotatable bonds is 5. The number of carbonyl (C=O) groups excluding carboxylic acids is 1. The molecule has 0 saturated heterocycles. The fraction of sp³-hybridized carbons (Fsp3) is 0.222. The average molecular weight is 512 g/mol. The van der Waals surface area contributed by atoms with E-state index >= 15 is 0 Å². The van der Waals surface area contributed by atoms with Gasteiger partial charge in [0.1, 0.15) is 18.2 Å². The zero-order valence-corrected chi connectivity index (χ0v) is 21.0. The van der Waals surface area contributed by atoms with Gasteiger partial charge in [0.2, 0.25) is 5.78 Å². The summed E-state index contributed by atoms with van der Waals surface area (Å²) in [4.78, 5) is 15.3. The van der Waals surface area contributed by atoms with Gasteiger partial charge >= 0.3 is 0 Å². The SMILES string of the molecule is COc1ccc(CN2COc3c(cc4c(c3C)O/C(=C\c3ccc(Cl)c(Cl)c3)C4=O)C2)cc1OC. The highest BCUT2D eigenvalue weighted by molar-refractivity contribution is 6.42. The second kappa shape index (κ2) is 9.46. The predicted octanol–water partition coefficient (Wildman–Crippen LogP) is 6.29. The molecule has 0 aromatic heterocycles. The molecule has 5 rings (SSSR count). The van der Waals surface area contributed by atoms with Crippen LogP contribution in [0.4, 0.5) is 0 Å². The molecule has 2 aliphatic rings. The Balaban J connectivity index is 1.39. The van der Waals surface area contributed by atoms with Gasteiger partial charge in [0.25, 0.3) is 0 Å². The molecule has 0 amide bonds. The quantitative estimate of drug-likeness (QED) is 0.375. The topological polar surface area (TPSA) is 57.2 Å². The van der Waals surface area contributed by atoms with Crippen LogP contribution >= 0.6 is 23.2 Å². The van der Waals surface area contributed by atoms with Gasteiger partial charge in [-0.1, -0.05) is 35.3 Å². The Hall–Kier alpha value is -3.19. The minimum Gasteiger partial charge on any atom is -0.493 e. The molecule has 0 atom stereocenters. The van der Waals surface area contributed by atoms with E-state index in [1.54, 1.807) is 38.5 Å². The van der Waals surface area contributed by atoms with Crippen LogP contribution in [0.2, 0.25) is 10.0 Å². The summed E-state index contributed by atoms with van der Waals surface area (Å²) in [5.41, 5.74) is 4.09. The lowest BCUT2D eigenvalue weighted by atomic mass is 10.00. The Bertz CT molecular complexity index is 1370. The van der Waals surface area contributed by atoms with Crippen molar-refractivity contribution in [1.82, 2.24) is 4.90 Å². The minimum atomic E-state index is -0.172. The fourth-order valence-electron chi connectivity index (χ4n) is 4.39. The van der Waals surface area contributed by atoms with E-state index in [0.29, 0.717) is 52.7 Å². The second-order valence-corrected chi connectivity index (χ2v) is 9.24. The van der Waals surface area contributed by atoms with E-state index in [4.69, 9.17) is 42.1 Å². The van der Waals surface area contributed by atoms with Gasteiger partial charge in [0, 0.05) is 24.2 Å². The number of benzene rings is 3. The zero-order chi connectivity index (χ0) is 24.7. The smallest absolute Gasteiger partial charge is 0.231 e. The summed E-state index contributed by atoms with van der Waals surface area (Å²) in [6.45, 7) is 3.62. The van der Waals surface area contributed by atoms with Gasteiger partial charge in [-0.2, -0.15) is 0 Å². The first-order chi connectivity index (χ1) is 16.9. The molecule has 6 nitrogen and oxygen atoms in total. The summed E-state index contributed by atoms with van der Waals surface area (Å²) in [6.07, 6.45) is 1.67. The van der Waals surface area contributed by atoms with E-state index in [1.807, 2.05) is 31.2 Å². The summed E-state index contributed by atoms with van der Waals surface area (Å²) in [5, 5.41) is 0.868. The maximum atomic E-state index is 13.2. The molecule has 0 aliphatic carbocycles. The molecule has 35 heavy (non-hydrogen) atoms. The number of hydrogen-bond acceptors (Lipinski definition) is 6. The number of carbonyl (C=O) groups is 1. The van der Waals surface area contributed by atoms with Crippen molar-refractivity contribution in [3.63, 3.8) is 0 Å². The van der Waals surface area contributed by atoms with Crippen LogP contribution in [0.25, 0.3) is 6.08 Å². The highest BCUT2D eigenvalue weighted by atomic mass is 35.5. The summed E-state index contributed by atoms with van der Waals surface area (Å²) in [6, 6.07) is 12.9. The summed E-state index contributed by atoms with van der Waals surface area (Å²) < 4.78 is 22.8. The van der Waals surface area contributed by atoms with Gasteiger partial charge in [0.05, 0.1) is 29.8 Å². The third kappa shape index (κ3) is 4.45. The van der Waals surface area contributed by atoms with E-state index in [9.17, 15) is 4.79 Å². The van der Waals surface area contributed by atoms with Crippen LogP contribution < -0.4 is 18.9 Å². The summed E-state index contributed by atoms with van der Waals surface area (Å²) in [7, 11) is 3.23. The molecule has 0 radical (unpaired) electrons. The molecule has 8 heteroatoms. The van der Waals surface area contributed by atoms with Crippen molar-refractivity contribution in [2.75, 3.05) is 21.0 Å². The molecular formula is C27H23Cl2NO5. The van der Waals surface area contributed by atoms with Gasteiger partial charge in [-0.25, -0.2) is 0 Å². The Morgan fingerprint density at radius 3 is 2.54 bits per heavy atom. The number of Topliss-reactive ketones (excluding diaryl/α,β-unsaturated/α-hetero) is 1. The first-order valence-corrected chi connectivity index (χ1v) is 11.8. The van der Waals surface area contributed by atoms with Crippen LogP contribution in [0.15, 0.2) is 48.2 Å². The third-order valence-corrected chi connectivity index (χ3v) is 6.84. The number of ketones is 1. The van der Waals surface area contributed by atoms with Crippen molar-refractivity contribution in [3.05, 3.63) is 86.1 Å². The first kappa shape index (κ1) is 23.5. The highest BCUT2D eigenvalue weighted by Gasteiger charge is 2.33. The highest BCUT2D eigenvalue weighted by Crippen LogP contribution is 2.43. The molecule has 2 heterocycles. The Morgan fingerprint density at radius 2 is 1.80 bits per heavy atom. The van der Waals surface area contributed by atoms with Gasteiger partial charge in [0.15, 0.2) is 17.3 Å². The number of ether oxygens (including phenoxy) is 4. The number of methoxy groups -OCH3 is 2. The number of halogens is 2. The van der Waals surface area contributed by atoms with Gasteiger partial charge < -0.3 is 18.9 Å². The lowest BCUT2D eigenvalue weighted by Gasteiger charge is -2.30. The Labute approximate surface area is 213 Å². The van der Waals surface area contributed by atoms with Crippen molar-refractivity contribution < 1.29 is 23.7 Å². The molecule has 2 aliphatic heterocycles. The van der Waals surface area contributed by atoms with Gasteiger partial charge in [-0.3, -0.25) is 9.69 Å². The van der Waals surface area contributed by atoms with Crippen LogP contribution in [0.5, 0.6) is 23.0 Å². The molecular weight excluding hydrogens is 489 g/mol. The standard InChI is InChI=1S/C27H23Cl2NO5/c1-15-26-18(13-30(14-34-26)12-17-5-7-22(32-2)23(10-17)33-3)11-19-25(31)24(35-27(15)19)9-16-4-6-20(28)21(29)8-16/h4-11H,12-14H2,1-3H3/b24-9-. The zero-order valence-electron chi connectivity index (χ0n) is 19.5. The maximum Gasteiger partial charge on any atom is 0.231 e. The van der Waals surface area contributed by atoms with Crippen LogP contribution in [0.1, 0.15) is 32.6 Å². The monoisotopic (exact) mass is 511 g/mol. The van der Waals surface area contributed by atoms with E-state index in [2.05, 4.69) is 4.90 Å². The van der Waals surface area contributed by atoms with Crippen LogP contribution in [0.3, 0.4) is 0 Å². The minimum absolute atomic E-state index is 0.172. The Morgan fingerprint density at radius 1 is 1.00 bits per heavy atom. The summed E-state index contributed by atoms with van der Waals surface area (Å²) >= 11 is 12.1. The van der Waals surface area contributed by atoms with Crippen molar-refractivity contribution in [2.24, 2.45) is 0 Å². The van der Waals surface area contributed by atoms with Crippen molar-refractivity contribution in [1.29, 1.82) is 0 Å². The Kier molecular flexibility index (Phi) is 6.36. The first-order valence-electron chi connectivity index (χ1n) is 11.0. The lowest BCUT2D eigenvalue weighted by molar-refractivity contribution is 0.0876. The largest absolute Gasteiger partial charge is 0.493 e. The van der Waals surface area contributed by atoms with Gasteiger partial charge in [-0.15, -0.1) is 0 Å². The third-order valence-electron chi connectivity index (χ3n) is 6.10. The lowest BCUT2D eigenvalue weighted by Crippen LogP contribution is -2.32. The maximum absolute atomic E-state index is 13.2. The number of allylic oxidation sites excluding steroid dienone is 1. The average Bonchev–Trinajstić information content (AvgIpc) is 3.16. The van der Waals surface area contributed by atoms with E-state index in [0.717, 1.165) is 28.0 Å². The van der Waals surface area contributed by atoms with Gasteiger partial charge in [-0.05, 0) is 54.5 Å². The molecule has 0 fully saturated rings. The number of nitrogens with zero attached hydrogens (tertiary/aromatic N) is 1. The molecule has 0 N–H and O–H groups in total. The van der Waals surface area contributed by atoms with Crippen LogP contribution in [-0.4, -0.2) is 31.6 Å². The van der Waals surface area contributed by atoms with Crippen LogP contribution in [-0.2, 0) is 13.1 Å². The molecule has 0 spiro atoms. The number of fused-ring (bicyclic) bond motifs is 2. The molecule has 0 bridgehead atoms. The van der Waals surface area contributed by atoms with Crippen molar-refractivity contribution in [3.8, 4) is 23.0 Å². The fourth-order valence-corrected chi connectivity index (χ4v) is 4.70. The van der Waals surface area contributed by atoms with Crippen LogP contribution in [0, 0.1) is 6.92 Å². The molecule has 3 aromatic rings. The molecule has 3 aromatic carbocycles. The normalized spacial score (nSPS) is 15.9. The predicted molar refractivity (Wildman–Crippen MR) is 135 cm³/mol. The summed E-state index contributed by atoms with van der Waals surface area (Å²) in [5.74, 6) is 2.73. The van der Waals surface area contributed by atoms with E-state index in [-0.39, 0.29) is 11.5 Å².